The van der Waals surface area contributed by atoms with E-state index in [2.05, 4.69) is 10.3 Å². The van der Waals surface area contributed by atoms with Crippen molar-refractivity contribution >= 4 is 34.4 Å². The lowest BCUT2D eigenvalue weighted by Crippen LogP contribution is -2.07. The maximum Gasteiger partial charge on any atom is 0.303 e. The van der Waals surface area contributed by atoms with Gasteiger partial charge in [0.2, 0.25) is 5.91 Å². The van der Waals surface area contributed by atoms with Gasteiger partial charge in [-0.2, -0.15) is 0 Å². The molecule has 1 aromatic heterocycles. The Bertz CT molecular complexity index is 845. The average molecular weight is 390 g/mol. The molecular formula is C19H22N2O5S. The second-order valence-corrected chi connectivity index (χ2v) is 6.67. The summed E-state index contributed by atoms with van der Waals surface area (Å²) in [6.07, 6.45) is 3.51. The number of rotatable bonds is 9. The van der Waals surface area contributed by atoms with Gasteiger partial charge in [-0.1, -0.05) is 6.07 Å². The zero-order valence-corrected chi connectivity index (χ0v) is 16.3. The maximum absolute atomic E-state index is 12.1. The molecule has 1 amide bonds. The minimum Gasteiger partial charge on any atom is -0.493 e. The normalized spacial score (nSPS) is 10.8. The van der Waals surface area contributed by atoms with E-state index in [1.165, 1.54) is 17.4 Å². The van der Waals surface area contributed by atoms with E-state index in [-0.39, 0.29) is 12.3 Å². The quantitative estimate of drug-likeness (QED) is 0.636. The Labute approximate surface area is 161 Å². The van der Waals surface area contributed by atoms with Crippen molar-refractivity contribution in [3.8, 4) is 11.5 Å². The molecule has 0 saturated carbocycles. The van der Waals surface area contributed by atoms with Crippen LogP contribution >= 0.6 is 11.3 Å². The average Bonchev–Trinajstić information content (AvgIpc) is 2.98. The fourth-order valence-electron chi connectivity index (χ4n) is 2.32. The highest BCUT2D eigenvalue weighted by Gasteiger charge is 2.11. The number of nitrogens with zero attached hydrogens (tertiary/aromatic N) is 1. The Morgan fingerprint density at radius 2 is 2.11 bits per heavy atom. The molecule has 0 saturated heterocycles. The van der Waals surface area contributed by atoms with E-state index in [1.54, 1.807) is 32.2 Å². The Kier molecular flexibility index (Phi) is 7.36. The van der Waals surface area contributed by atoms with Crippen LogP contribution in [-0.4, -0.2) is 35.7 Å². The van der Waals surface area contributed by atoms with E-state index in [0.29, 0.717) is 29.7 Å². The van der Waals surface area contributed by atoms with Gasteiger partial charge in [0.1, 0.15) is 0 Å². The predicted molar refractivity (Wildman–Crippen MR) is 105 cm³/mol. The van der Waals surface area contributed by atoms with Gasteiger partial charge in [0.15, 0.2) is 16.6 Å². The summed E-state index contributed by atoms with van der Waals surface area (Å²) < 4.78 is 10.8. The minimum absolute atomic E-state index is 0.0376. The number of anilines is 1. The van der Waals surface area contributed by atoms with Crippen LogP contribution in [0, 0.1) is 6.92 Å². The van der Waals surface area contributed by atoms with Crippen LogP contribution < -0.4 is 14.8 Å². The van der Waals surface area contributed by atoms with Crippen molar-refractivity contribution in [3.63, 3.8) is 0 Å². The van der Waals surface area contributed by atoms with Crippen molar-refractivity contribution in [3.05, 3.63) is 40.4 Å². The number of aryl methyl sites for hydroxylation is 2. The second kappa shape index (κ2) is 9.72. The molecule has 8 heteroatoms. The summed E-state index contributed by atoms with van der Waals surface area (Å²) >= 11 is 1.29. The summed E-state index contributed by atoms with van der Waals surface area (Å²) in [4.78, 5) is 27.9. The molecule has 0 aliphatic carbocycles. The lowest BCUT2D eigenvalue weighted by molar-refractivity contribution is -0.136. The SMILES string of the molecule is CCOc1ccc(/C=C/C(=O)Nc2nc(C)c(CCC(=O)O)s2)cc1OC. The molecule has 1 aromatic carbocycles. The first kappa shape index (κ1) is 20.4. The number of methoxy groups -OCH3 is 1. The second-order valence-electron chi connectivity index (χ2n) is 5.59. The van der Waals surface area contributed by atoms with E-state index in [0.717, 1.165) is 16.1 Å². The minimum atomic E-state index is -0.859. The van der Waals surface area contributed by atoms with Crippen molar-refractivity contribution < 1.29 is 24.2 Å². The van der Waals surface area contributed by atoms with Gasteiger partial charge in [0, 0.05) is 11.0 Å². The van der Waals surface area contributed by atoms with Gasteiger partial charge < -0.3 is 14.6 Å². The molecule has 0 bridgehead atoms. The fourth-order valence-corrected chi connectivity index (χ4v) is 3.28. The Morgan fingerprint density at radius 1 is 1.33 bits per heavy atom. The molecule has 144 valence electrons. The fraction of sp³-hybridized carbons (Fsp3) is 0.316. The van der Waals surface area contributed by atoms with Crippen LogP contribution in [0.25, 0.3) is 6.08 Å². The van der Waals surface area contributed by atoms with Crippen molar-refractivity contribution in [2.75, 3.05) is 19.0 Å². The molecule has 27 heavy (non-hydrogen) atoms. The Morgan fingerprint density at radius 3 is 2.78 bits per heavy atom. The third kappa shape index (κ3) is 6.10. The largest absolute Gasteiger partial charge is 0.493 e. The first-order valence-corrected chi connectivity index (χ1v) is 9.22. The summed E-state index contributed by atoms with van der Waals surface area (Å²) in [6, 6.07) is 5.40. The molecule has 2 rings (SSSR count). The van der Waals surface area contributed by atoms with Crippen LogP contribution in [-0.2, 0) is 16.0 Å². The number of hydrogen-bond acceptors (Lipinski definition) is 6. The number of carboxylic acid groups (broad SMARTS) is 1. The molecule has 2 aromatic rings. The van der Waals surface area contributed by atoms with Crippen LogP contribution in [0.2, 0.25) is 0 Å². The van der Waals surface area contributed by atoms with E-state index < -0.39 is 5.97 Å². The molecular weight excluding hydrogens is 368 g/mol. The van der Waals surface area contributed by atoms with Gasteiger partial charge in [0.05, 0.1) is 25.8 Å². The maximum atomic E-state index is 12.1. The first-order valence-electron chi connectivity index (χ1n) is 8.41. The van der Waals surface area contributed by atoms with E-state index in [9.17, 15) is 9.59 Å². The van der Waals surface area contributed by atoms with Crippen molar-refractivity contribution in [1.29, 1.82) is 0 Å². The molecule has 0 atom stereocenters. The van der Waals surface area contributed by atoms with E-state index in [1.807, 2.05) is 13.0 Å². The van der Waals surface area contributed by atoms with Crippen LogP contribution in [0.3, 0.4) is 0 Å². The molecule has 7 nitrogen and oxygen atoms in total. The van der Waals surface area contributed by atoms with E-state index in [4.69, 9.17) is 14.6 Å². The number of nitrogens with one attached hydrogen (secondary N) is 1. The molecule has 0 aliphatic rings. The molecule has 0 spiro atoms. The highest BCUT2D eigenvalue weighted by atomic mass is 32.1. The monoisotopic (exact) mass is 390 g/mol. The molecule has 1 heterocycles. The number of hydrogen-bond donors (Lipinski definition) is 2. The number of benzene rings is 1. The Hall–Kier alpha value is -2.87. The number of aromatic nitrogens is 1. The number of aliphatic carboxylic acids is 1. The topological polar surface area (TPSA) is 97.8 Å². The highest BCUT2D eigenvalue weighted by molar-refractivity contribution is 7.15. The number of thiazole rings is 1. The van der Waals surface area contributed by atoms with Gasteiger partial charge in [-0.3, -0.25) is 14.9 Å². The van der Waals surface area contributed by atoms with Crippen LogP contribution in [0.4, 0.5) is 5.13 Å². The van der Waals surface area contributed by atoms with Gasteiger partial charge in [-0.25, -0.2) is 4.98 Å². The summed E-state index contributed by atoms with van der Waals surface area (Å²) in [5, 5.41) is 11.9. The molecule has 0 fully saturated rings. The van der Waals surface area contributed by atoms with Crippen LogP contribution in [0.15, 0.2) is 24.3 Å². The summed E-state index contributed by atoms with van der Waals surface area (Å²) in [5.41, 5.74) is 1.53. The number of carboxylic acids is 1. The number of amides is 1. The highest BCUT2D eigenvalue weighted by Crippen LogP contribution is 2.28. The summed E-state index contributed by atoms with van der Waals surface area (Å²) in [6.45, 7) is 4.23. The van der Waals surface area contributed by atoms with Crippen molar-refractivity contribution in [1.82, 2.24) is 4.98 Å². The molecule has 0 aliphatic heterocycles. The zero-order chi connectivity index (χ0) is 19.8. The van der Waals surface area contributed by atoms with E-state index >= 15 is 0 Å². The number of ether oxygens (including phenoxy) is 2. The van der Waals surface area contributed by atoms with Gasteiger partial charge >= 0.3 is 5.97 Å². The molecule has 2 N–H and O–H groups in total. The smallest absolute Gasteiger partial charge is 0.303 e. The van der Waals surface area contributed by atoms with Crippen LogP contribution in [0.1, 0.15) is 29.5 Å². The molecule has 0 radical (unpaired) electrons. The number of carbonyl (C=O) groups is 2. The zero-order valence-electron chi connectivity index (χ0n) is 15.4. The lowest BCUT2D eigenvalue weighted by atomic mass is 10.2. The van der Waals surface area contributed by atoms with Crippen molar-refractivity contribution in [2.24, 2.45) is 0 Å². The predicted octanol–water partition coefficient (Wildman–Crippen LogP) is 3.53. The third-order valence-corrected chi connectivity index (χ3v) is 4.74. The third-order valence-electron chi connectivity index (χ3n) is 3.60. The van der Waals surface area contributed by atoms with Crippen LogP contribution in [0.5, 0.6) is 11.5 Å². The standard InChI is InChI=1S/C19H22N2O5S/c1-4-26-14-7-5-13(11-15(14)25-3)6-9-17(22)21-19-20-12(2)16(27-19)8-10-18(23)24/h5-7,9,11H,4,8,10H2,1-3H3,(H,23,24)(H,20,21,22)/b9-6+. The number of carbonyl (C=O) groups excluding carboxylic acids is 1. The Balaban J connectivity index is 2.01. The van der Waals surface area contributed by atoms with Gasteiger partial charge in [-0.15, -0.1) is 11.3 Å². The first-order chi connectivity index (χ1) is 12.9. The lowest BCUT2D eigenvalue weighted by Gasteiger charge is -2.09. The van der Waals surface area contributed by atoms with Crippen molar-refractivity contribution in [2.45, 2.75) is 26.7 Å². The van der Waals surface area contributed by atoms with Gasteiger partial charge in [-0.05, 0) is 44.0 Å². The summed E-state index contributed by atoms with van der Waals surface area (Å²) in [7, 11) is 1.56. The molecule has 0 unspecified atom stereocenters. The summed E-state index contributed by atoms with van der Waals surface area (Å²) in [5.74, 6) is 0.0651. The van der Waals surface area contributed by atoms with Gasteiger partial charge in [0.25, 0.3) is 0 Å².